The molecule has 1 rings (SSSR count). The largest absolute Gasteiger partial charge is 0.143 e. The van der Waals surface area contributed by atoms with Crippen LogP contribution in [-0.4, -0.2) is 0 Å². The molecular formula is C10H14S2. The Kier molecular flexibility index (Phi) is 3.53. The molecule has 0 saturated carbocycles. The lowest BCUT2D eigenvalue weighted by atomic mass is 9.99. The normalized spacial score (nSPS) is 13.0. The topological polar surface area (TPSA) is 0 Å². The van der Waals surface area contributed by atoms with E-state index < -0.39 is 0 Å². The Morgan fingerprint density at radius 1 is 1.33 bits per heavy atom. The van der Waals surface area contributed by atoms with Crippen LogP contribution in [0.1, 0.15) is 31.7 Å². The maximum absolute atomic E-state index is 4.40. The first-order valence-electron chi connectivity index (χ1n) is 4.17. The Morgan fingerprint density at radius 2 is 2.00 bits per heavy atom. The minimum Gasteiger partial charge on any atom is -0.143 e. The first-order chi connectivity index (χ1) is 5.65. The van der Waals surface area contributed by atoms with Crippen molar-refractivity contribution >= 4 is 25.3 Å². The van der Waals surface area contributed by atoms with Gasteiger partial charge in [0.2, 0.25) is 0 Å². The van der Waals surface area contributed by atoms with Gasteiger partial charge in [0.1, 0.15) is 0 Å². The number of benzene rings is 1. The van der Waals surface area contributed by atoms with Gasteiger partial charge in [-0.1, -0.05) is 13.8 Å². The fraction of sp³-hybridized carbons (Fsp3) is 0.400. The molecule has 1 aromatic rings. The van der Waals surface area contributed by atoms with Crippen LogP contribution < -0.4 is 0 Å². The van der Waals surface area contributed by atoms with Crippen LogP contribution in [0, 0.1) is 0 Å². The predicted octanol–water partition coefficient (Wildman–Crippen LogP) is 3.78. The molecule has 0 spiro atoms. The van der Waals surface area contributed by atoms with Crippen LogP contribution in [0.2, 0.25) is 0 Å². The standard InChI is InChI=1S/C10H14S2/c1-3-7(2)9-6-8(11)4-5-10(9)12/h4-7,11-12H,3H2,1-2H3. The molecule has 0 saturated heterocycles. The van der Waals surface area contributed by atoms with Gasteiger partial charge in [0.25, 0.3) is 0 Å². The molecule has 0 fully saturated rings. The van der Waals surface area contributed by atoms with Gasteiger partial charge in [-0.2, -0.15) is 0 Å². The van der Waals surface area contributed by atoms with Crippen LogP contribution >= 0.6 is 25.3 Å². The molecule has 0 N–H and O–H groups in total. The molecule has 0 heterocycles. The smallest absolute Gasteiger partial charge is 0.00755 e. The summed E-state index contributed by atoms with van der Waals surface area (Å²) in [4.78, 5) is 2.09. The molecule has 0 aliphatic heterocycles. The van der Waals surface area contributed by atoms with Crippen molar-refractivity contribution in [3.63, 3.8) is 0 Å². The van der Waals surface area contributed by atoms with Gasteiger partial charge in [0, 0.05) is 9.79 Å². The summed E-state index contributed by atoms with van der Waals surface area (Å²) in [6.45, 7) is 4.39. The summed E-state index contributed by atoms with van der Waals surface area (Å²) in [5.74, 6) is 0.574. The minimum atomic E-state index is 0.574. The van der Waals surface area contributed by atoms with Crippen molar-refractivity contribution in [3.8, 4) is 0 Å². The van der Waals surface area contributed by atoms with Gasteiger partial charge in [-0.15, -0.1) is 25.3 Å². The SMILES string of the molecule is CCC(C)c1cc(S)ccc1S. The quantitative estimate of drug-likeness (QED) is 0.664. The lowest BCUT2D eigenvalue weighted by molar-refractivity contribution is 0.717. The van der Waals surface area contributed by atoms with Gasteiger partial charge in [0.15, 0.2) is 0 Å². The second-order valence-corrected chi connectivity index (χ2v) is 4.05. The Morgan fingerprint density at radius 3 is 2.58 bits per heavy atom. The van der Waals surface area contributed by atoms with E-state index in [4.69, 9.17) is 0 Å². The van der Waals surface area contributed by atoms with E-state index in [1.807, 2.05) is 12.1 Å². The van der Waals surface area contributed by atoms with Crippen LogP contribution in [-0.2, 0) is 0 Å². The highest BCUT2D eigenvalue weighted by Gasteiger charge is 2.06. The third-order valence-corrected chi connectivity index (χ3v) is 2.84. The van der Waals surface area contributed by atoms with Crippen LogP contribution in [0.15, 0.2) is 28.0 Å². The van der Waals surface area contributed by atoms with E-state index in [2.05, 4.69) is 45.2 Å². The number of rotatable bonds is 2. The maximum Gasteiger partial charge on any atom is 0.00755 e. The van der Waals surface area contributed by atoms with Gasteiger partial charge in [-0.05, 0) is 36.1 Å². The molecular weight excluding hydrogens is 184 g/mol. The summed E-state index contributed by atoms with van der Waals surface area (Å²) in [5, 5.41) is 0. The molecule has 0 radical (unpaired) electrons. The molecule has 1 unspecified atom stereocenters. The molecule has 0 aliphatic rings. The van der Waals surface area contributed by atoms with Crippen molar-refractivity contribution in [2.45, 2.75) is 36.0 Å². The second-order valence-electron chi connectivity index (χ2n) is 3.05. The summed E-state index contributed by atoms with van der Waals surface area (Å²) >= 11 is 8.71. The molecule has 2 heteroatoms. The first kappa shape index (κ1) is 10.0. The first-order valence-corrected chi connectivity index (χ1v) is 5.06. The summed E-state index contributed by atoms with van der Waals surface area (Å²) in [6, 6.07) is 6.07. The van der Waals surface area contributed by atoms with Crippen molar-refractivity contribution in [1.82, 2.24) is 0 Å². The second kappa shape index (κ2) is 4.24. The summed E-state index contributed by atoms with van der Waals surface area (Å²) in [6.07, 6.45) is 1.14. The number of hydrogen-bond donors (Lipinski definition) is 2. The molecule has 0 aromatic heterocycles. The average molecular weight is 198 g/mol. The van der Waals surface area contributed by atoms with Crippen molar-refractivity contribution in [2.24, 2.45) is 0 Å². The van der Waals surface area contributed by atoms with Crippen molar-refractivity contribution in [1.29, 1.82) is 0 Å². The molecule has 0 aliphatic carbocycles. The van der Waals surface area contributed by atoms with Crippen LogP contribution in [0.25, 0.3) is 0 Å². The van der Waals surface area contributed by atoms with E-state index in [1.54, 1.807) is 0 Å². The molecule has 1 aromatic carbocycles. The zero-order valence-electron chi connectivity index (χ0n) is 7.41. The van der Waals surface area contributed by atoms with Crippen molar-refractivity contribution in [2.75, 3.05) is 0 Å². The average Bonchev–Trinajstić information content (AvgIpc) is 2.08. The Hall–Kier alpha value is -0.0800. The van der Waals surface area contributed by atoms with E-state index in [0.717, 1.165) is 16.2 Å². The molecule has 1 atom stereocenters. The molecule has 0 bridgehead atoms. The maximum atomic E-state index is 4.40. The summed E-state index contributed by atoms with van der Waals surface area (Å²) < 4.78 is 0. The molecule has 0 nitrogen and oxygen atoms in total. The highest BCUT2D eigenvalue weighted by Crippen LogP contribution is 2.27. The Balaban J connectivity index is 3.04. The minimum absolute atomic E-state index is 0.574. The van der Waals surface area contributed by atoms with Gasteiger partial charge in [-0.25, -0.2) is 0 Å². The van der Waals surface area contributed by atoms with Crippen LogP contribution in [0.3, 0.4) is 0 Å². The van der Waals surface area contributed by atoms with Gasteiger partial charge in [0.05, 0.1) is 0 Å². The molecule has 66 valence electrons. The van der Waals surface area contributed by atoms with Crippen LogP contribution in [0.4, 0.5) is 0 Å². The fourth-order valence-corrected chi connectivity index (χ4v) is 1.73. The number of thiol groups is 2. The zero-order valence-corrected chi connectivity index (χ0v) is 9.20. The molecule has 0 amide bonds. The van der Waals surface area contributed by atoms with Crippen molar-refractivity contribution in [3.05, 3.63) is 23.8 Å². The van der Waals surface area contributed by atoms with E-state index in [9.17, 15) is 0 Å². The predicted molar refractivity (Wildman–Crippen MR) is 59.7 cm³/mol. The monoisotopic (exact) mass is 198 g/mol. The van der Waals surface area contributed by atoms with Gasteiger partial charge in [-0.3, -0.25) is 0 Å². The fourth-order valence-electron chi connectivity index (χ4n) is 1.16. The summed E-state index contributed by atoms with van der Waals surface area (Å²) in [5.41, 5.74) is 1.30. The lowest BCUT2D eigenvalue weighted by Crippen LogP contribution is -1.92. The lowest BCUT2D eigenvalue weighted by Gasteiger charge is -2.11. The number of hydrogen-bond acceptors (Lipinski definition) is 2. The van der Waals surface area contributed by atoms with Gasteiger partial charge < -0.3 is 0 Å². The highest BCUT2D eigenvalue weighted by molar-refractivity contribution is 7.80. The summed E-state index contributed by atoms with van der Waals surface area (Å²) in [7, 11) is 0. The van der Waals surface area contributed by atoms with E-state index in [0.29, 0.717) is 5.92 Å². The zero-order chi connectivity index (χ0) is 9.14. The molecule has 12 heavy (non-hydrogen) atoms. The Bertz CT molecular complexity index is 269. The third kappa shape index (κ3) is 2.20. The van der Waals surface area contributed by atoms with E-state index in [1.165, 1.54) is 5.56 Å². The van der Waals surface area contributed by atoms with Gasteiger partial charge >= 0.3 is 0 Å². The highest BCUT2D eigenvalue weighted by atomic mass is 32.1. The van der Waals surface area contributed by atoms with E-state index in [-0.39, 0.29) is 0 Å². The van der Waals surface area contributed by atoms with Crippen LogP contribution in [0.5, 0.6) is 0 Å². The van der Waals surface area contributed by atoms with E-state index >= 15 is 0 Å². The third-order valence-electron chi connectivity index (χ3n) is 2.15. The Labute approximate surface area is 85.2 Å². The van der Waals surface area contributed by atoms with Crippen molar-refractivity contribution < 1.29 is 0 Å².